The molecule has 0 bridgehead atoms. The molecule has 1 heterocycles. The average molecular weight is 258 g/mol. The van der Waals surface area contributed by atoms with Gasteiger partial charge in [0.2, 0.25) is 5.91 Å². The molecule has 2 rings (SSSR count). The van der Waals surface area contributed by atoms with E-state index in [0.717, 1.165) is 0 Å². The number of carbonyl (C=O) groups excluding carboxylic acids is 1. The highest BCUT2D eigenvalue weighted by Gasteiger charge is 2.08. The van der Waals surface area contributed by atoms with E-state index in [9.17, 15) is 9.18 Å². The predicted molar refractivity (Wildman–Crippen MR) is 69.8 cm³/mol. The van der Waals surface area contributed by atoms with Gasteiger partial charge in [-0.05, 0) is 12.1 Å². The quantitative estimate of drug-likeness (QED) is 0.801. The summed E-state index contributed by atoms with van der Waals surface area (Å²) in [4.78, 5) is 19.2. The second-order valence-corrected chi connectivity index (χ2v) is 3.69. The van der Waals surface area contributed by atoms with Gasteiger partial charge in [0, 0.05) is 5.39 Å². The summed E-state index contributed by atoms with van der Waals surface area (Å²) in [6.07, 6.45) is 6.27. The van der Waals surface area contributed by atoms with E-state index in [1.54, 1.807) is 12.1 Å². The topological polar surface area (TPSA) is 66.9 Å². The number of terminal acetylenes is 1. The average Bonchev–Trinajstić information content (AvgIpc) is 2.43. The zero-order valence-corrected chi connectivity index (χ0v) is 9.98. The second-order valence-electron chi connectivity index (χ2n) is 3.69. The summed E-state index contributed by atoms with van der Waals surface area (Å²) >= 11 is 0. The Kier molecular flexibility index (Phi) is 3.88. The number of hydrogen-bond donors (Lipinski definition) is 2. The van der Waals surface area contributed by atoms with Gasteiger partial charge in [0.15, 0.2) is 0 Å². The van der Waals surface area contributed by atoms with Crippen LogP contribution in [0.15, 0.2) is 24.5 Å². The maximum absolute atomic E-state index is 13.5. The maximum Gasteiger partial charge on any atom is 0.240 e. The number of fused-ring (bicyclic) bond motifs is 1. The molecule has 0 fully saturated rings. The molecular formula is C13H11FN4O. The van der Waals surface area contributed by atoms with E-state index in [2.05, 4.69) is 26.5 Å². The van der Waals surface area contributed by atoms with Crippen molar-refractivity contribution >= 4 is 22.6 Å². The molecule has 1 aromatic heterocycles. The number of aromatic nitrogens is 2. The van der Waals surface area contributed by atoms with Crippen LogP contribution in [0.2, 0.25) is 0 Å². The number of hydrogen-bond acceptors (Lipinski definition) is 4. The highest BCUT2D eigenvalue weighted by Crippen LogP contribution is 2.20. The first-order valence-electron chi connectivity index (χ1n) is 5.55. The van der Waals surface area contributed by atoms with Gasteiger partial charge < -0.3 is 10.6 Å². The van der Waals surface area contributed by atoms with Crippen LogP contribution >= 0.6 is 0 Å². The van der Waals surface area contributed by atoms with Gasteiger partial charge in [-0.2, -0.15) is 0 Å². The normalized spacial score (nSPS) is 9.89. The minimum atomic E-state index is -0.431. The van der Waals surface area contributed by atoms with Gasteiger partial charge >= 0.3 is 0 Å². The van der Waals surface area contributed by atoms with Gasteiger partial charge in [0.25, 0.3) is 0 Å². The number of carbonyl (C=O) groups is 1. The van der Waals surface area contributed by atoms with Gasteiger partial charge in [-0.1, -0.05) is 12.0 Å². The first-order valence-corrected chi connectivity index (χ1v) is 5.55. The van der Waals surface area contributed by atoms with E-state index >= 15 is 0 Å². The summed E-state index contributed by atoms with van der Waals surface area (Å²) in [6.45, 7) is 0.171. The Hall–Kier alpha value is -2.68. The van der Waals surface area contributed by atoms with Crippen molar-refractivity contribution in [2.75, 3.05) is 18.4 Å². The Morgan fingerprint density at radius 3 is 3.05 bits per heavy atom. The molecule has 1 aromatic carbocycles. The van der Waals surface area contributed by atoms with Gasteiger partial charge in [0.05, 0.1) is 13.1 Å². The number of anilines is 1. The van der Waals surface area contributed by atoms with E-state index in [1.807, 2.05) is 0 Å². The number of nitrogens with one attached hydrogen (secondary N) is 2. The molecular weight excluding hydrogens is 247 g/mol. The third kappa shape index (κ3) is 2.96. The zero-order chi connectivity index (χ0) is 13.7. The monoisotopic (exact) mass is 258 g/mol. The van der Waals surface area contributed by atoms with Crippen molar-refractivity contribution in [1.29, 1.82) is 0 Å². The molecule has 0 atom stereocenters. The summed E-state index contributed by atoms with van der Waals surface area (Å²) in [5.74, 6) is 2.01. The van der Waals surface area contributed by atoms with Crippen LogP contribution in [0.3, 0.4) is 0 Å². The predicted octanol–water partition coefficient (Wildman–Crippen LogP) is 0.930. The Morgan fingerprint density at radius 1 is 1.42 bits per heavy atom. The molecule has 0 unspecified atom stereocenters. The minimum Gasteiger partial charge on any atom is -0.360 e. The first kappa shape index (κ1) is 12.8. The Balaban J connectivity index is 2.16. The zero-order valence-electron chi connectivity index (χ0n) is 9.98. The van der Waals surface area contributed by atoms with Crippen molar-refractivity contribution in [2.45, 2.75) is 0 Å². The molecule has 0 saturated carbocycles. The lowest BCUT2D eigenvalue weighted by atomic mass is 10.2. The number of amides is 1. The number of nitrogens with zero attached hydrogens (tertiary/aromatic N) is 2. The molecule has 0 aliphatic rings. The molecule has 0 aliphatic heterocycles. The summed E-state index contributed by atoms with van der Waals surface area (Å²) in [7, 11) is 0. The van der Waals surface area contributed by atoms with Gasteiger partial charge in [0.1, 0.15) is 23.5 Å². The molecule has 19 heavy (non-hydrogen) atoms. The van der Waals surface area contributed by atoms with Crippen LogP contribution in [-0.2, 0) is 4.79 Å². The molecule has 1 amide bonds. The van der Waals surface area contributed by atoms with Crippen LogP contribution in [0, 0.1) is 18.2 Å². The molecule has 5 nitrogen and oxygen atoms in total. The van der Waals surface area contributed by atoms with Crippen LogP contribution in [-0.4, -0.2) is 29.0 Å². The minimum absolute atomic E-state index is 0.00427. The van der Waals surface area contributed by atoms with Gasteiger partial charge in [-0.25, -0.2) is 14.4 Å². The van der Waals surface area contributed by atoms with E-state index < -0.39 is 5.82 Å². The highest BCUT2D eigenvalue weighted by atomic mass is 19.1. The van der Waals surface area contributed by atoms with Crippen molar-refractivity contribution in [2.24, 2.45) is 0 Å². The smallest absolute Gasteiger partial charge is 0.240 e. The van der Waals surface area contributed by atoms with Crippen molar-refractivity contribution in [3.63, 3.8) is 0 Å². The van der Waals surface area contributed by atoms with Crippen LogP contribution < -0.4 is 10.6 Å². The summed E-state index contributed by atoms with van der Waals surface area (Å²) in [5.41, 5.74) is 0.212. The Bertz CT molecular complexity index is 651. The van der Waals surface area contributed by atoms with Crippen molar-refractivity contribution in [1.82, 2.24) is 15.3 Å². The lowest BCUT2D eigenvalue weighted by molar-refractivity contribution is -0.119. The molecule has 0 saturated heterocycles. The van der Waals surface area contributed by atoms with Crippen LogP contribution in [0.4, 0.5) is 10.2 Å². The first-order chi connectivity index (χ1) is 9.22. The lowest BCUT2D eigenvalue weighted by Crippen LogP contribution is -2.30. The Morgan fingerprint density at radius 2 is 2.26 bits per heavy atom. The molecule has 2 N–H and O–H groups in total. The van der Waals surface area contributed by atoms with Crippen LogP contribution in [0.25, 0.3) is 10.9 Å². The van der Waals surface area contributed by atoms with E-state index in [1.165, 1.54) is 12.4 Å². The van der Waals surface area contributed by atoms with Crippen LogP contribution in [0.5, 0.6) is 0 Å². The second kappa shape index (κ2) is 5.78. The summed E-state index contributed by atoms with van der Waals surface area (Å²) < 4.78 is 13.5. The maximum atomic E-state index is 13.5. The van der Waals surface area contributed by atoms with Crippen molar-refractivity contribution in [3.8, 4) is 12.3 Å². The van der Waals surface area contributed by atoms with E-state index in [4.69, 9.17) is 6.42 Å². The third-order valence-corrected chi connectivity index (χ3v) is 2.42. The third-order valence-electron chi connectivity index (χ3n) is 2.42. The fourth-order valence-corrected chi connectivity index (χ4v) is 1.57. The van der Waals surface area contributed by atoms with Gasteiger partial charge in [-0.15, -0.1) is 6.42 Å². The number of rotatable bonds is 4. The van der Waals surface area contributed by atoms with E-state index in [-0.39, 0.29) is 24.5 Å². The molecule has 0 spiro atoms. The van der Waals surface area contributed by atoms with Crippen LogP contribution in [0.1, 0.15) is 0 Å². The molecule has 6 heteroatoms. The number of benzene rings is 1. The summed E-state index contributed by atoms with van der Waals surface area (Å²) in [5, 5.41) is 5.85. The molecule has 0 aliphatic carbocycles. The van der Waals surface area contributed by atoms with Gasteiger partial charge in [-0.3, -0.25) is 4.79 Å². The SMILES string of the molecule is C#CCNC(=O)CNc1ncnc2c(F)cccc12. The number of para-hydroxylation sites is 1. The molecule has 0 radical (unpaired) electrons. The molecule has 96 valence electrons. The Labute approximate surface area is 109 Å². The van der Waals surface area contributed by atoms with Crippen molar-refractivity contribution < 1.29 is 9.18 Å². The van der Waals surface area contributed by atoms with E-state index in [0.29, 0.717) is 11.2 Å². The largest absolute Gasteiger partial charge is 0.360 e. The molecule has 2 aromatic rings. The number of halogens is 1. The standard InChI is InChI=1S/C13H11FN4O/c1-2-6-15-11(19)7-16-13-9-4-3-5-10(14)12(9)17-8-18-13/h1,3-5,8H,6-7H2,(H,15,19)(H,16,17,18). The fourth-order valence-electron chi connectivity index (χ4n) is 1.57. The summed E-state index contributed by atoms with van der Waals surface area (Å²) in [6, 6.07) is 4.56. The lowest BCUT2D eigenvalue weighted by Gasteiger charge is -2.08. The van der Waals surface area contributed by atoms with Crippen molar-refractivity contribution in [3.05, 3.63) is 30.3 Å². The fraction of sp³-hybridized carbons (Fsp3) is 0.154. The highest BCUT2D eigenvalue weighted by molar-refractivity contribution is 5.91.